The lowest BCUT2D eigenvalue weighted by Gasteiger charge is -2.35. The maximum absolute atomic E-state index is 5.94. The first-order valence-corrected chi connectivity index (χ1v) is 8.27. The monoisotopic (exact) mass is 293 g/mol. The SMILES string of the molecule is CCCNCc1cc(CN(C)C2CCCN(C)C2)oc1C. The second kappa shape index (κ2) is 7.97. The van der Waals surface area contributed by atoms with Crippen LogP contribution in [0.5, 0.6) is 0 Å². The Kier molecular flexibility index (Phi) is 6.27. The van der Waals surface area contributed by atoms with Crippen LogP contribution in [0.4, 0.5) is 0 Å². The Hall–Kier alpha value is -0.840. The number of nitrogens with zero attached hydrogens (tertiary/aromatic N) is 2. The molecule has 2 rings (SSSR count). The standard InChI is InChI=1S/C17H31N3O/c1-5-8-18-11-15-10-17(21-14(15)2)13-20(4)16-7-6-9-19(3)12-16/h10,16,18H,5-9,11-13H2,1-4H3. The van der Waals surface area contributed by atoms with Gasteiger partial charge in [0.2, 0.25) is 0 Å². The van der Waals surface area contributed by atoms with Gasteiger partial charge in [0.15, 0.2) is 0 Å². The molecule has 1 aliphatic rings. The number of hydrogen-bond acceptors (Lipinski definition) is 4. The van der Waals surface area contributed by atoms with Gasteiger partial charge in [0.1, 0.15) is 11.5 Å². The fourth-order valence-electron chi connectivity index (χ4n) is 3.11. The van der Waals surface area contributed by atoms with Crippen LogP contribution in [-0.2, 0) is 13.1 Å². The summed E-state index contributed by atoms with van der Waals surface area (Å²) < 4.78 is 5.94. The van der Waals surface area contributed by atoms with Crippen molar-refractivity contribution in [3.63, 3.8) is 0 Å². The van der Waals surface area contributed by atoms with Crippen molar-refractivity contribution in [2.75, 3.05) is 33.7 Å². The predicted octanol–water partition coefficient (Wildman–Crippen LogP) is 2.61. The topological polar surface area (TPSA) is 31.6 Å². The Morgan fingerprint density at radius 1 is 1.48 bits per heavy atom. The highest BCUT2D eigenvalue weighted by Gasteiger charge is 2.22. The molecule has 2 heterocycles. The van der Waals surface area contributed by atoms with E-state index in [-0.39, 0.29) is 0 Å². The van der Waals surface area contributed by atoms with Gasteiger partial charge in [-0.2, -0.15) is 0 Å². The lowest BCUT2D eigenvalue weighted by Crippen LogP contribution is -2.44. The van der Waals surface area contributed by atoms with Crippen LogP contribution >= 0.6 is 0 Å². The molecule has 1 aliphatic heterocycles. The molecule has 1 unspecified atom stereocenters. The van der Waals surface area contributed by atoms with Gasteiger partial charge in [-0.15, -0.1) is 0 Å². The predicted molar refractivity (Wildman–Crippen MR) is 87.4 cm³/mol. The van der Waals surface area contributed by atoms with Gasteiger partial charge >= 0.3 is 0 Å². The van der Waals surface area contributed by atoms with Crippen LogP contribution in [0.25, 0.3) is 0 Å². The third-order valence-electron chi connectivity index (χ3n) is 4.44. The second-order valence-corrected chi connectivity index (χ2v) is 6.44. The molecule has 0 spiro atoms. The number of rotatable bonds is 7. The van der Waals surface area contributed by atoms with E-state index in [2.05, 4.69) is 49.1 Å². The first kappa shape index (κ1) is 16.5. The lowest BCUT2D eigenvalue weighted by atomic mass is 10.1. The maximum Gasteiger partial charge on any atom is 0.118 e. The van der Waals surface area contributed by atoms with Gasteiger partial charge in [-0.25, -0.2) is 0 Å². The molecule has 0 radical (unpaired) electrons. The van der Waals surface area contributed by atoms with E-state index in [4.69, 9.17) is 4.42 Å². The molecular formula is C17H31N3O. The van der Waals surface area contributed by atoms with E-state index >= 15 is 0 Å². The fraction of sp³-hybridized carbons (Fsp3) is 0.765. The summed E-state index contributed by atoms with van der Waals surface area (Å²) in [7, 11) is 4.44. The van der Waals surface area contributed by atoms with Gasteiger partial charge in [0, 0.05) is 24.7 Å². The summed E-state index contributed by atoms with van der Waals surface area (Å²) >= 11 is 0. The average Bonchev–Trinajstić information content (AvgIpc) is 2.79. The van der Waals surface area contributed by atoms with Crippen LogP contribution in [-0.4, -0.2) is 49.6 Å². The molecule has 1 aromatic heterocycles. The molecule has 4 heteroatoms. The first-order valence-electron chi connectivity index (χ1n) is 8.27. The Morgan fingerprint density at radius 2 is 2.29 bits per heavy atom. The van der Waals surface area contributed by atoms with Crippen LogP contribution in [0.1, 0.15) is 43.3 Å². The van der Waals surface area contributed by atoms with Crippen molar-refractivity contribution >= 4 is 0 Å². The zero-order valence-electron chi connectivity index (χ0n) is 14.1. The molecular weight excluding hydrogens is 262 g/mol. The molecule has 1 fully saturated rings. The Labute approximate surface area is 129 Å². The van der Waals surface area contributed by atoms with E-state index in [1.807, 2.05) is 0 Å². The normalized spacial score (nSPS) is 20.3. The van der Waals surface area contributed by atoms with Crippen LogP contribution in [0.15, 0.2) is 10.5 Å². The minimum absolute atomic E-state index is 0.649. The summed E-state index contributed by atoms with van der Waals surface area (Å²) in [5.41, 5.74) is 1.30. The van der Waals surface area contributed by atoms with E-state index in [0.717, 1.165) is 31.2 Å². The van der Waals surface area contributed by atoms with Crippen LogP contribution in [0.3, 0.4) is 0 Å². The summed E-state index contributed by atoms with van der Waals surface area (Å²) in [6.45, 7) is 9.55. The number of hydrogen-bond donors (Lipinski definition) is 1. The van der Waals surface area contributed by atoms with E-state index in [1.54, 1.807) is 0 Å². The minimum Gasteiger partial charge on any atom is -0.465 e. The molecule has 1 atom stereocenters. The summed E-state index contributed by atoms with van der Waals surface area (Å²) in [6.07, 6.45) is 3.77. The van der Waals surface area contributed by atoms with Crippen LogP contribution < -0.4 is 5.32 Å². The van der Waals surface area contributed by atoms with E-state index in [9.17, 15) is 0 Å². The molecule has 0 amide bonds. The van der Waals surface area contributed by atoms with Crippen LogP contribution in [0.2, 0.25) is 0 Å². The molecule has 0 bridgehead atoms. The molecule has 1 aromatic rings. The smallest absolute Gasteiger partial charge is 0.118 e. The number of nitrogens with one attached hydrogen (secondary N) is 1. The number of furan rings is 1. The molecule has 0 aromatic carbocycles. The van der Waals surface area contributed by atoms with Gasteiger partial charge in [0.05, 0.1) is 6.54 Å². The van der Waals surface area contributed by atoms with Crippen molar-refractivity contribution in [1.82, 2.24) is 15.1 Å². The summed E-state index contributed by atoms with van der Waals surface area (Å²) in [5, 5.41) is 3.45. The van der Waals surface area contributed by atoms with E-state index in [1.165, 1.54) is 37.9 Å². The minimum atomic E-state index is 0.649. The summed E-state index contributed by atoms with van der Waals surface area (Å²) in [4.78, 5) is 4.87. The van der Waals surface area contributed by atoms with Gasteiger partial charge in [-0.1, -0.05) is 6.92 Å². The van der Waals surface area contributed by atoms with Crippen molar-refractivity contribution in [2.45, 2.75) is 52.2 Å². The van der Waals surface area contributed by atoms with E-state index in [0.29, 0.717) is 6.04 Å². The molecule has 0 saturated carbocycles. The Balaban J connectivity index is 1.88. The van der Waals surface area contributed by atoms with Gasteiger partial charge in [0.25, 0.3) is 0 Å². The summed E-state index contributed by atoms with van der Waals surface area (Å²) in [5.74, 6) is 2.15. The second-order valence-electron chi connectivity index (χ2n) is 6.44. The lowest BCUT2D eigenvalue weighted by molar-refractivity contribution is 0.123. The quantitative estimate of drug-likeness (QED) is 0.783. The molecule has 1 N–H and O–H groups in total. The zero-order valence-corrected chi connectivity index (χ0v) is 14.1. The average molecular weight is 293 g/mol. The number of piperidine rings is 1. The largest absolute Gasteiger partial charge is 0.465 e. The highest BCUT2D eigenvalue weighted by Crippen LogP contribution is 2.19. The third-order valence-corrected chi connectivity index (χ3v) is 4.44. The maximum atomic E-state index is 5.94. The number of likely N-dealkylation sites (tertiary alicyclic amines) is 1. The highest BCUT2D eigenvalue weighted by atomic mass is 16.3. The zero-order chi connectivity index (χ0) is 15.2. The number of likely N-dealkylation sites (N-methyl/N-ethyl adjacent to an activating group) is 2. The molecule has 1 saturated heterocycles. The van der Waals surface area contributed by atoms with Gasteiger partial charge < -0.3 is 14.6 Å². The highest BCUT2D eigenvalue weighted by molar-refractivity contribution is 5.20. The van der Waals surface area contributed by atoms with E-state index < -0.39 is 0 Å². The van der Waals surface area contributed by atoms with Crippen molar-refractivity contribution in [1.29, 1.82) is 0 Å². The number of aryl methyl sites for hydroxylation is 1. The van der Waals surface area contributed by atoms with Crippen molar-refractivity contribution in [3.05, 3.63) is 23.2 Å². The Morgan fingerprint density at radius 3 is 3.00 bits per heavy atom. The third kappa shape index (κ3) is 4.83. The molecule has 0 aliphatic carbocycles. The van der Waals surface area contributed by atoms with Crippen molar-refractivity contribution < 1.29 is 4.42 Å². The van der Waals surface area contributed by atoms with Gasteiger partial charge in [-0.3, -0.25) is 4.90 Å². The molecule has 120 valence electrons. The summed E-state index contributed by atoms with van der Waals surface area (Å²) in [6, 6.07) is 2.87. The van der Waals surface area contributed by atoms with Crippen molar-refractivity contribution in [2.24, 2.45) is 0 Å². The fourth-order valence-corrected chi connectivity index (χ4v) is 3.11. The first-order chi connectivity index (χ1) is 10.1. The van der Waals surface area contributed by atoms with Crippen molar-refractivity contribution in [3.8, 4) is 0 Å². The van der Waals surface area contributed by atoms with Gasteiger partial charge in [-0.05, 0) is 59.4 Å². The molecule has 4 nitrogen and oxygen atoms in total. The molecule has 21 heavy (non-hydrogen) atoms. The Bertz CT molecular complexity index is 430. The van der Waals surface area contributed by atoms with Crippen LogP contribution in [0, 0.1) is 6.92 Å².